The molecule has 120 valence electrons. The molecule has 1 aliphatic heterocycles. The largest absolute Gasteiger partial charge is 0.508 e. The van der Waals surface area contributed by atoms with Crippen LogP contribution in [0.2, 0.25) is 0 Å². The van der Waals surface area contributed by atoms with E-state index in [2.05, 4.69) is 16.8 Å². The average Bonchev–Trinajstić information content (AvgIpc) is 2.35. The van der Waals surface area contributed by atoms with Crippen molar-refractivity contribution >= 4 is 24.8 Å². The number of rotatable bonds is 4. The Kier molecular flexibility index (Phi) is 8.74. The molecule has 0 aliphatic carbocycles. The highest BCUT2D eigenvalue weighted by atomic mass is 35.5. The maximum atomic E-state index is 9.66. The Labute approximate surface area is 138 Å². The summed E-state index contributed by atoms with van der Waals surface area (Å²) < 4.78 is 0. The first kappa shape index (κ1) is 20.1. The summed E-state index contributed by atoms with van der Waals surface area (Å²) in [5.74, 6) is 0.216. The van der Waals surface area contributed by atoms with E-state index in [1.165, 1.54) is 6.07 Å². The molecule has 1 saturated heterocycles. The topological polar surface area (TPSA) is 55.7 Å². The monoisotopic (exact) mass is 334 g/mol. The fourth-order valence-electron chi connectivity index (χ4n) is 2.59. The average molecular weight is 335 g/mol. The molecule has 1 aromatic rings. The molecule has 0 saturated carbocycles. The number of hydrogen-bond acceptors (Lipinski definition) is 4. The lowest BCUT2D eigenvalue weighted by atomic mass is 9.97. The van der Waals surface area contributed by atoms with Gasteiger partial charge in [-0.25, -0.2) is 0 Å². The van der Waals surface area contributed by atoms with Crippen LogP contribution in [0.15, 0.2) is 30.4 Å². The molecule has 3 N–H and O–H groups in total. The van der Waals surface area contributed by atoms with Crippen LogP contribution in [-0.2, 0) is 0 Å². The lowest BCUT2D eigenvalue weighted by molar-refractivity contribution is 0.172. The van der Waals surface area contributed by atoms with Crippen molar-refractivity contribution in [1.82, 2.24) is 10.2 Å². The third kappa shape index (κ3) is 5.75. The summed E-state index contributed by atoms with van der Waals surface area (Å²) in [6, 6.07) is 4.99. The van der Waals surface area contributed by atoms with Gasteiger partial charge in [0, 0.05) is 38.3 Å². The maximum Gasteiger partial charge on any atom is 0.119 e. The highest BCUT2D eigenvalue weighted by Gasteiger charge is 2.23. The zero-order valence-electron chi connectivity index (χ0n) is 12.2. The molecule has 2 rings (SSSR count). The second-order valence-corrected chi connectivity index (χ2v) is 5.25. The number of halogens is 2. The molecule has 0 aromatic heterocycles. The second kappa shape index (κ2) is 9.15. The Hall–Kier alpha value is -0.940. The van der Waals surface area contributed by atoms with Crippen LogP contribution in [0.25, 0.3) is 0 Å². The molecule has 0 radical (unpaired) electrons. The molecule has 0 unspecified atom stereocenters. The molecular weight excluding hydrogens is 311 g/mol. The molecule has 1 atom stereocenters. The first-order valence-corrected chi connectivity index (χ1v) is 6.68. The summed E-state index contributed by atoms with van der Waals surface area (Å²) in [5, 5.41) is 22.7. The third-order valence-electron chi connectivity index (χ3n) is 3.44. The molecule has 21 heavy (non-hydrogen) atoms. The van der Waals surface area contributed by atoms with Crippen LogP contribution in [0, 0.1) is 0 Å². The van der Waals surface area contributed by atoms with Gasteiger partial charge in [-0.2, -0.15) is 0 Å². The SMILES string of the molecule is C=C(C)C[C@@H](c1cc(O)cc(O)c1)N1CCNCC1.Cl.Cl. The van der Waals surface area contributed by atoms with Gasteiger partial charge in [-0.05, 0) is 31.0 Å². The van der Waals surface area contributed by atoms with Gasteiger partial charge < -0.3 is 15.5 Å². The van der Waals surface area contributed by atoms with Crippen molar-refractivity contribution in [3.63, 3.8) is 0 Å². The van der Waals surface area contributed by atoms with Gasteiger partial charge in [-0.3, -0.25) is 4.90 Å². The molecule has 1 aromatic carbocycles. The van der Waals surface area contributed by atoms with Crippen molar-refractivity contribution in [3.8, 4) is 11.5 Å². The standard InChI is InChI=1S/C15H22N2O2.2ClH/c1-11(2)7-15(17-5-3-16-4-6-17)12-8-13(18)10-14(19)9-12;;/h8-10,15-16,18-19H,1,3-7H2,2H3;2*1H/t15-;;/m0../s1. The molecule has 1 heterocycles. The van der Waals surface area contributed by atoms with Crippen molar-refractivity contribution < 1.29 is 10.2 Å². The van der Waals surface area contributed by atoms with Gasteiger partial charge in [0.1, 0.15) is 11.5 Å². The van der Waals surface area contributed by atoms with Crippen molar-refractivity contribution in [2.45, 2.75) is 19.4 Å². The summed E-state index contributed by atoms with van der Waals surface area (Å²) in [4.78, 5) is 2.37. The van der Waals surface area contributed by atoms with Crippen LogP contribution in [0.1, 0.15) is 24.9 Å². The van der Waals surface area contributed by atoms with E-state index >= 15 is 0 Å². The summed E-state index contributed by atoms with van der Waals surface area (Å²) in [5.41, 5.74) is 2.05. The number of phenols is 2. The molecule has 6 heteroatoms. The number of benzene rings is 1. The van der Waals surface area contributed by atoms with Gasteiger partial charge in [0.25, 0.3) is 0 Å². The van der Waals surface area contributed by atoms with Crippen molar-refractivity contribution in [1.29, 1.82) is 0 Å². The lowest BCUT2D eigenvalue weighted by Gasteiger charge is -2.35. The first-order chi connectivity index (χ1) is 9.06. The summed E-state index contributed by atoms with van der Waals surface area (Å²) in [6.45, 7) is 9.88. The highest BCUT2D eigenvalue weighted by Crippen LogP contribution is 2.32. The molecule has 0 bridgehead atoms. The Bertz CT molecular complexity index is 443. The van der Waals surface area contributed by atoms with Gasteiger partial charge in [0.05, 0.1) is 0 Å². The molecule has 4 nitrogen and oxygen atoms in total. The Morgan fingerprint density at radius 1 is 1.19 bits per heavy atom. The van der Waals surface area contributed by atoms with Crippen LogP contribution in [0.5, 0.6) is 11.5 Å². The maximum absolute atomic E-state index is 9.66. The number of hydrogen-bond donors (Lipinski definition) is 3. The van der Waals surface area contributed by atoms with E-state index in [0.717, 1.165) is 43.7 Å². The van der Waals surface area contributed by atoms with Crippen molar-refractivity contribution in [2.75, 3.05) is 26.2 Å². The first-order valence-electron chi connectivity index (χ1n) is 6.68. The quantitative estimate of drug-likeness (QED) is 0.741. The predicted octanol–water partition coefficient (Wildman–Crippen LogP) is 2.85. The molecule has 0 amide bonds. The normalized spacial score (nSPS) is 16.4. The highest BCUT2D eigenvalue weighted by molar-refractivity contribution is 5.85. The van der Waals surface area contributed by atoms with E-state index in [4.69, 9.17) is 0 Å². The Morgan fingerprint density at radius 2 is 1.71 bits per heavy atom. The minimum Gasteiger partial charge on any atom is -0.508 e. The van der Waals surface area contributed by atoms with Crippen LogP contribution in [0.3, 0.4) is 0 Å². The van der Waals surface area contributed by atoms with Gasteiger partial charge in [0.15, 0.2) is 0 Å². The molecule has 1 fully saturated rings. The number of piperazine rings is 1. The number of nitrogens with one attached hydrogen (secondary N) is 1. The Balaban J connectivity index is 0.00000200. The van der Waals surface area contributed by atoms with E-state index in [9.17, 15) is 10.2 Å². The predicted molar refractivity (Wildman–Crippen MR) is 90.9 cm³/mol. The van der Waals surface area contributed by atoms with Gasteiger partial charge in [-0.1, -0.05) is 5.57 Å². The van der Waals surface area contributed by atoms with Crippen LogP contribution < -0.4 is 5.32 Å². The van der Waals surface area contributed by atoms with E-state index in [0.29, 0.717) is 0 Å². The number of phenolic OH excluding ortho intramolecular Hbond substituents is 2. The van der Waals surface area contributed by atoms with Crippen molar-refractivity contribution in [2.24, 2.45) is 0 Å². The minimum atomic E-state index is 0. The zero-order valence-corrected chi connectivity index (χ0v) is 13.8. The van der Waals surface area contributed by atoms with Crippen molar-refractivity contribution in [3.05, 3.63) is 35.9 Å². The smallest absolute Gasteiger partial charge is 0.119 e. The number of nitrogens with zero attached hydrogens (tertiary/aromatic N) is 1. The zero-order chi connectivity index (χ0) is 13.8. The second-order valence-electron chi connectivity index (χ2n) is 5.25. The number of aromatic hydroxyl groups is 2. The Morgan fingerprint density at radius 3 is 2.19 bits per heavy atom. The van der Waals surface area contributed by atoms with Crippen LogP contribution in [-0.4, -0.2) is 41.3 Å². The van der Waals surface area contributed by atoms with Gasteiger partial charge in [0.2, 0.25) is 0 Å². The van der Waals surface area contributed by atoms with Crippen LogP contribution >= 0.6 is 24.8 Å². The fourth-order valence-corrected chi connectivity index (χ4v) is 2.59. The van der Waals surface area contributed by atoms with E-state index in [1.54, 1.807) is 12.1 Å². The lowest BCUT2D eigenvalue weighted by Crippen LogP contribution is -2.45. The third-order valence-corrected chi connectivity index (χ3v) is 3.44. The van der Waals surface area contributed by atoms with Gasteiger partial charge >= 0.3 is 0 Å². The minimum absolute atomic E-state index is 0. The summed E-state index contributed by atoms with van der Waals surface area (Å²) in [6.07, 6.45) is 0.836. The molecule has 1 aliphatic rings. The van der Waals surface area contributed by atoms with Crippen LogP contribution in [0.4, 0.5) is 0 Å². The van der Waals surface area contributed by atoms with Gasteiger partial charge in [-0.15, -0.1) is 31.4 Å². The molecule has 0 spiro atoms. The summed E-state index contributed by atoms with van der Waals surface area (Å²) >= 11 is 0. The molecular formula is C15H24Cl2N2O2. The van der Waals surface area contributed by atoms with E-state index in [-0.39, 0.29) is 42.4 Å². The van der Waals surface area contributed by atoms with E-state index in [1.807, 2.05) is 6.92 Å². The fraction of sp³-hybridized carbons (Fsp3) is 0.467. The van der Waals surface area contributed by atoms with E-state index < -0.39 is 0 Å². The summed E-state index contributed by atoms with van der Waals surface area (Å²) in [7, 11) is 0.